The SMILES string of the molecule is CCC(C)C(Cl)OC1CCC1. The first kappa shape index (κ1) is 9.34. The zero-order valence-electron chi connectivity index (χ0n) is 7.35. The number of hydrogen-bond acceptors (Lipinski definition) is 1. The van der Waals surface area contributed by atoms with E-state index in [2.05, 4.69) is 13.8 Å². The van der Waals surface area contributed by atoms with Gasteiger partial charge in [0.15, 0.2) is 0 Å². The highest BCUT2D eigenvalue weighted by Gasteiger charge is 2.23. The molecule has 2 unspecified atom stereocenters. The van der Waals surface area contributed by atoms with E-state index in [0.29, 0.717) is 12.0 Å². The van der Waals surface area contributed by atoms with Crippen LogP contribution in [0.15, 0.2) is 0 Å². The van der Waals surface area contributed by atoms with E-state index in [0.717, 1.165) is 6.42 Å². The summed E-state index contributed by atoms with van der Waals surface area (Å²) in [4.78, 5) is 0. The molecule has 0 aromatic carbocycles. The minimum atomic E-state index is -0.0645. The molecule has 0 heterocycles. The van der Waals surface area contributed by atoms with E-state index in [1.54, 1.807) is 0 Å². The predicted molar refractivity (Wildman–Crippen MR) is 47.8 cm³/mol. The van der Waals surface area contributed by atoms with Crippen molar-refractivity contribution >= 4 is 11.6 Å². The van der Waals surface area contributed by atoms with Crippen LogP contribution in [0.5, 0.6) is 0 Å². The van der Waals surface area contributed by atoms with Gasteiger partial charge in [-0.2, -0.15) is 0 Å². The summed E-state index contributed by atoms with van der Waals surface area (Å²) in [6.07, 6.45) is 5.29. The largest absolute Gasteiger partial charge is 0.359 e. The first-order valence-corrected chi connectivity index (χ1v) is 4.97. The van der Waals surface area contributed by atoms with Gasteiger partial charge in [0.1, 0.15) is 5.56 Å². The second kappa shape index (κ2) is 4.32. The van der Waals surface area contributed by atoms with E-state index in [1.165, 1.54) is 19.3 Å². The zero-order chi connectivity index (χ0) is 8.27. The van der Waals surface area contributed by atoms with Gasteiger partial charge in [0, 0.05) is 0 Å². The minimum Gasteiger partial charge on any atom is -0.359 e. The Morgan fingerprint density at radius 2 is 2.18 bits per heavy atom. The van der Waals surface area contributed by atoms with Gasteiger partial charge in [-0.1, -0.05) is 25.4 Å². The molecule has 0 saturated heterocycles. The number of alkyl halides is 1. The molecule has 2 atom stereocenters. The molecule has 0 bridgehead atoms. The molecule has 1 saturated carbocycles. The summed E-state index contributed by atoms with van der Waals surface area (Å²) >= 11 is 6.02. The Morgan fingerprint density at radius 3 is 2.55 bits per heavy atom. The van der Waals surface area contributed by atoms with E-state index in [9.17, 15) is 0 Å². The van der Waals surface area contributed by atoms with Gasteiger partial charge in [0.2, 0.25) is 0 Å². The van der Waals surface area contributed by atoms with Crippen LogP contribution in [-0.4, -0.2) is 11.7 Å². The molecule has 0 aromatic rings. The van der Waals surface area contributed by atoms with E-state index in [4.69, 9.17) is 16.3 Å². The molecule has 0 radical (unpaired) electrons. The third-order valence-electron chi connectivity index (χ3n) is 2.47. The quantitative estimate of drug-likeness (QED) is 0.598. The van der Waals surface area contributed by atoms with Gasteiger partial charge in [0.25, 0.3) is 0 Å². The highest BCUT2D eigenvalue weighted by Crippen LogP contribution is 2.27. The summed E-state index contributed by atoms with van der Waals surface area (Å²) < 4.78 is 5.60. The lowest BCUT2D eigenvalue weighted by molar-refractivity contribution is -0.0352. The van der Waals surface area contributed by atoms with E-state index < -0.39 is 0 Å². The first-order chi connectivity index (χ1) is 5.24. The molecule has 0 N–H and O–H groups in total. The average Bonchev–Trinajstić information content (AvgIpc) is 1.94. The van der Waals surface area contributed by atoms with Crippen LogP contribution in [0.2, 0.25) is 0 Å². The molecule has 2 heteroatoms. The fourth-order valence-corrected chi connectivity index (χ4v) is 1.33. The molecule has 66 valence electrons. The summed E-state index contributed by atoms with van der Waals surface area (Å²) in [5, 5.41) is 0. The second-order valence-corrected chi connectivity index (χ2v) is 3.86. The molecular formula is C9H17ClO. The van der Waals surface area contributed by atoms with Crippen LogP contribution in [0.3, 0.4) is 0 Å². The van der Waals surface area contributed by atoms with Crippen molar-refractivity contribution in [2.45, 2.75) is 51.2 Å². The van der Waals surface area contributed by atoms with Gasteiger partial charge in [0.05, 0.1) is 6.10 Å². The van der Waals surface area contributed by atoms with Crippen LogP contribution in [0, 0.1) is 5.92 Å². The minimum absolute atomic E-state index is 0.0645. The van der Waals surface area contributed by atoms with Gasteiger partial charge < -0.3 is 4.74 Å². The highest BCUT2D eigenvalue weighted by atomic mass is 35.5. The van der Waals surface area contributed by atoms with Crippen LogP contribution in [0.4, 0.5) is 0 Å². The fraction of sp³-hybridized carbons (Fsp3) is 1.00. The maximum absolute atomic E-state index is 6.02. The third kappa shape index (κ3) is 2.64. The maximum atomic E-state index is 6.02. The zero-order valence-corrected chi connectivity index (χ0v) is 8.10. The topological polar surface area (TPSA) is 9.23 Å². The van der Waals surface area contributed by atoms with Crippen LogP contribution in [0.25, 0.3) is 0 Å². The van der Waals surface area contributed by atoms with Gasteiger partial charge in [-0.3, -0.25) is 0 Å². The van der Waals surface area contributed by atoms with Crippen LogP contribution in [-0.2, 0) is 4.74 Å². The number of rotatable bonds is 4. The van der Waals surface area contributed by atoms with E-state index in [1.807, 2.05) is 0 Å². The van der Waals surface area contributed by atoms with Crippen molar-refractivity contribution < 1.29 is 4.74 Å². The molecule has 11 heavy (non-hydrogen) atoms. The van der Waals surface area contributed by atoms with E-state index in [-0.39, 0.29) is 5.56 Å². The van der Waals surface area contributed by atoms with Crippen molar-refractivity contribution in [3.63, 3.8) is 0 Å². The molecule has 0 spiro atoms. The number of halogens is 1. The Bertz CT molecular complexity index is 112. The fourth-order valence-electron chi connectivity index (χ4n) is 1.01. The van der Waals surface area contributed by atoms with Crippen molar-refractivity contribution in [1.29, 1.82) is 0 Å². The first-order valence-electron chi connectivity index (χ1n) is 4.53. The number of ether oxygens (including phenoxy) is 1. The molecule has 1 rings (SSSR count). The molecule has 0 aromatic heterocycles. The van der Waals surface area contributed by atoms with Gasteiger partial charge in [-0.25, -0.2) is 0 Å². The molecular weight excluding hydrogens is 160 g/mol. The van der Waals surface area contributed by atoms with Gasteiger partial charge >= 0.3 is 0 Å². The van der Waals surface area contributed by atoms with Crippen molar-refractivity contribution in [3.8, 4) is 0 Å². The van der Waals surface area contributed by atoms with Gasteiger partial charge in [-0.05, 0) is 31.6 Å². The monoisotopic (exact) mass is 176 g/mol. The van der Waals surface area contributed by atoms with Gasteiger partial charge in [-0.15, -0.1) is 0 Å². The molecule has 1 fully saturated rings. The molecule has 1 aliphatic rings. The normalized spacial score (nSPS) is 24.3. The highest BCUT2D eigenvalue weighted by molar-refractivity contribution is 6.19. The standard InChI is InChI=1S/C9H17ClO/c1-3-7(2)9(10)11-8-5-4-6-8/h7-9H,3-6H2,1-2H3. The van der Waals surface area contributed by atoms with Crippen LogP contribution >= 0.6 is 11.6 Å². The maximum Gasteiger partial charge on any atom is 0.134 e. The molecule has 0 aliphatic heterocycles. The third-order valence-corrected chi connectivity index (χ3v) is 3.00. The van der Waals surface area contributed by atoms with Crippen LogP contribution < -0.4 is 0 Å². The summed E-state index contributed by atoms with van der Waals surface area (Å²) in [6.45, 7) is 4.28. The Balaban J connectivity index is 2.13. The smallest absolute Gasteiger partial charge is 0.134 e. The Hall–Kier alpha value is 0.250. The molecule has 1 aliphatic carbocycles. The Morgan fingerprint density at radius 1 is 1.55 bits per heavy atom. The Kier molecular flexibility index (Phi) is 3.67. The summed E-state index contributed by atoms with van der Waals surface area (Å²) in [5.41, 5.74) is -0.0645. The summed E-state index contributed by atoms with van der Waals surface area (Å²) in [7, 11) is 0. The lowest BCUT2D eigenvalue weighted by Gasteiger charge is -2.29. The van der Waals surface area contributed by atoms with Crippen molar-refractivity contribution in [1.82, 2.24) is 0 Å². The van der Waals surface area contributed by atoms with Crippen molar-refractivity contribution in [2.24, 2.45) is 5.92 Å². The molecule has 0 amide bonds. The Labute approximate surface area is 74.1 Å². The predicted octanol–water partition coefficient (Wildman–Crippen LogP) is 3.17. The van der Waals surface area contributed by atoms with Crippen molar-refractivity contribution in [3.05, 3.63) is 0 Å². The average molecular weight is 177 g/mol. The summed E-state index contributed by atoms with van der Waals surface area (Å²) in [5.74, 6) is 0.484. The molecule has 1 nitrogen and oxygen atoms in total. The van der Waals surface area contributed by atoms with Crippen LogP contribution in [0.1, 0.15) is 39.5 Å². The summed E-state index contributed by atoms with van der Waals surface area (Å²) in [6, 6.07) is 0. The van der Waals surface area contributed by atoms with Crippen molar-refractivity contribution in [2.75, 3.05) is 0 Å². The second-order valence-electron chi connectivity index (χ2n) is 3.43. The number of hydrogen-bond donors (Lipinski definition) is 0. The lowest BCUT2D eigenvalue weighted by atomic mass is 9.96. The lowest BCUT2D eigenvalue weighted by Crippen LogP contribution is -2.28. The van der Waals surface area contributed by atoms with E-state index >= 15 is 0 Å².